The summed E-state index contributed by atoms with van der Waals surface area (Å²) in [6, 6.07) is 9.07. The first-order chi connectivity index (χ1) is 12.6. The van der Waals surface area contributed by atoms with E-state index in [-0.39, 0.29) is 5.91 Å². The van der Waals surface area contributed by atoms with E-state index in [2.05, 4.69) is 15.2 Å². The van der Waals surface area contributed by atoms with Gasteiger partial charge in [-0.1, -0.05) is 29.3 Å². The van der Waals surface area contributed by atoms with Crippen molar-refractivity contribution in [1.29, 1.82) is 0 Å². The van der Waals surface area contributed by atoms with Gasteiger partial charge in [-0.05, 0) is 41.5 Å². The van der Waals surface area contributed by atoms with E-state index in [0.29, 0.717) is 16.6 Å². The molecule has 1 fully saturated rings. The third kappa shape index (κ3) is 5.46. The van der Waals surface area contributed by atoms with E-state index >= 15 is 0 Å². The van der Waals surface area contributed by atoms with Crippen LogP contribution in [0.2, 0.25) is 10.0 Å². The molecule has 1 aliphatic rings. The topological polar surface area (TPSA) is 54.5 Å². The highest BCUT2D eigenvalue weighted by Gasteiger charge is 2.11. The molecular formula is C19H19Cl2N3O2. The second kappa shape index (κ2) is 9.03. The van der Waals surface area contributed by atoms with Crippen molar-refractivity contribution in [1.82, 2.24) is 10.3 Å². The minimum atomic E-state index is -0.196. The fourth-order valence-corrected chi connectivity index (χ4v) is 3.14. The Labute approximate surface area is 162 Å². The second-order valence-corrected chi connectivity index (χ2v) is 6.75. The highest BCUT2D eigenvalue weighted by atomic mass is 35.5. The average molecular weight is 392 g/mol. The molecule has 0 saturated carbocycles. The zero-order chi connectivity index (χ0) is 18.4. The summed E-state index contributed by atoms with van der Waals surface area (Å²) in [5.41, 5.74) is 1.71. The Kier molecular flexibility index (Phi) is 6.50. The fourth-order valence-electron chi connectivity index (χ4n) is 2.59. The molecule has 0 bridgehead atoms. The minimum absolute atomic E-state index is 0.196. The van der Waals surface area contributed by atoms with Crippen LogP contribution >= 0.6 is 23.2 Å². The molecule has 2 heterocycles. The largest absolute Gasteiger partial charge is 0.378 e. The molecule has 26 heavy (non-hydrogen) atoms. The molecule has 0 unspecified atom stereocenters. The number of nitrogens with zero attached hydrogens (tertiary/aromatic N) is 2. The van der Waals surface area contributed by atoms with E-state index in [1.165, 1.54) is 6.08 Å². The third-order valence-corrected chi connectivity index (χ3v) is 4.36. The van der Waals surface area contributed by atoms with Crippen LogP contribution in [-0.4, -0.2) is 37.2 Å². The summed E-state index contributed by atoms with van der Waals surface area (Å²) in [6.45, 7) is 3.56. The number of rotatable bonds is 5. The minimum Gasteiger partial charge on any atom is -0.378 e. The molecule has 0 radical (unpaired) electrons. The average Bonchev–Trinajstić information content (AvgIpc) is 2.65. The number of pyridine rings is 1. The molecule has 7 heteroatoms. The Morgan fingerprint density at radius 3 is 2.58 bits per heavy atom. The van der Waals surface area contributed by atoms with Gasteiger partial charge < -0.3 is 15.0 Å². The van der Waals surface area contributed by atoms with Gasteiger partial charge in [-0.2, -0.15) is 0 Å². The SMILES string of the molecule is O=C(/C=C/c1cc(Cl)cc(Cl)c1)NCc1ccc(N2CCOCC2)nc1. The van der Waals surface area contributed by atoms with Crippen molar-refractivity contribution in [3.05, 3.63) is 63.8 Å². The monoisotopic (exact) mass is 391 g/mol. The number of ether oxygens (including phenoxy) is 1. The summed E-state index contributed by atoms with van der Waals surface area (Å²) in [6.07, 6.45) is 4.91. The Hall–Kier alpha value is -2.08. The molecule has 1 aliphatic heterocycles. The summed E-state index contributed by atoms with van der Waals surface area (Å²) in [4.78, 5) is 18.6. The molecule has 1 aromatic heterocycles. The van der Waals surface area contributed by atoms with Crippen molar-refractivity contribution in [3.63, 3.8) is 0 Å². The molecular weight excluding hydrogens is 373 g/mol. The van der Waals surface area contributed by atoms with Crippen LogP contribution in [0.1, 0.15) is 11.1 Å². The van der Waals surface area contributed by atoms with Gasteiger partial charge in [0.2, 0.25) is 5.91 Å². The Balaban J connectivity index is 1.51. The van der Waals surface area contributed by atoms with Crippen molar-refractivity contribution in [2.75, 3.05) is 31.2 Å². The van der Waals surface area contributed by atoms with Crippen molar-refractivity contribution in [3.8, 4) is 0 Å². The van der Waals surface area contributed by atoms with E-state index in [9.17, 15) is 4.79 Å². The maximum absolute atomic E-state index is 12.0. The van der Waals surface area contributed by atoms with Gasteiger partial charge in [0.15, 0.2) is 0 Å². The number of nitrogens with one attached hydrogen (secondary N) is 1. The van der Waals surface area contributed by atoms with Gasteiger partial charge in [0.05, 0.1) is 13.2 Å². The summed E-state index contributed by atoms with van der Waals surface area (Å²) in [7, 11) is 0. The Bertz CT molecular complexity index is 768. The Morgan fingerprint density at radius 2 is 1.92 bits per heavy atom. The molecule has 3 rings (SSSR count). The predicted octanol–water partition coefficient (Wildman–Crippen LogP) is 3.55. The summed E-state index contributed by atoms with van der Waals surface area (Å²) < 4.78 is 5.34. The van der Waals surface area contributed by atoms with Crippen molar-refractivity contribution in [2.24, 2.45) is 0 Å². The second-order valence-electron chi connectivity index (χ2n) is 5.88. The lowest BCUT2D eigenvalue weighted by Gasteiger charge is -2.27. The number of carbonyl (C=O) groups excluding carboxylic acids is 1. The van der Waals surface area contributed by atoms with Crippen molar-refractivity contribution in [2.45, 2.75) is 6.54 Å². The number of morpholine rings is 1. The summed E-state index contributed by atoms with van der Waals surface area (Å²) in [5.74, 6) is 0.736. The quantitative estimate of drug-likeness (QED) is 0.791. The molecule has 0 aliphatic carbocycles. The number of hydrogen-bond donors (Lipinski definition) is 1. The van der Waals surface area contributed by atoms with Gasteiger partial charge in [0.1, 0.15) is 5.82 Å². The van der Waals surface area contributed by atoms with Crippen LogP contribution in [-0.2, 0) is 16.1 Å². The van der Waals surface area contributed by atoms with Crippen LogP contribution in [0.5, 0.6) is 0 Å². The maximum atomic E-state index is 12.0. The zero-order valence-corrected chi connectivity index (χ0v) is 15.6. The number of hydrogen-bond acceptors (Lipinski definition) is 4. The molecule has 136 valence electrons. The van der Waals surface area contributed by atoms with Crippen molar-refractivity contribution < 1.29 is 9.53 Å². The molecule has 2 aromatic rings. The third-order valence-electron chi connectivity index (χ3n) is 3.92. The standard InChI is InChI=1S/C19H19Cl2N3O2/c20-16-9-14(10-17(21)11-16)2-4-19(25)23-13-15-1-3-18(22-12-15)24-5-7-26-8-6-24/h1-4,9-12H,5-8,13H2,(H,23,25)/b4-2+. The number of aromatic nitrogens is 1. The van der Waals surface area contributed by atoms with Gasteiger partial charge in [-0.3, -0.25) is 4.79 Å². The lowest BCUT2D eigenvalue weighted by Crippen LogP contribution is -2.36. The molecule has 5 nitrogen and oxygen atoms in total. The number of carbonyl (C=O) groups is 1. The summed E-state index contributed by atoms with van der Waals surface area (Å²) in [5, 5.41) is 3.90. The highest BCUT2D eigenvalue weighted by Crippen LogP contribution is 2.19. The fraction of sp³-hybridized carbons (Fsp3) is 0.263. The van der Waals surface area contributed by atoms with E-state index in [1.54, 1.807) is 30.5 Å². The predicted molar refractivity (Wildman–Crippen MR) is 105 cm³/mol. The zero-order valence-electron chi connectivity index (χ0n) is 14.1. The van der Waals surface area contributed by atoms with Crippen molar-refractivity contribution >= 4 is 41.0 Å². The highest BCUT2D eigenvalue weighted by molar-refractivity contribution is 6.34. The van der Waals surface area contributed by atoms with Gasteiger partial charge >= 0.3 is 0 Å². The van der Waals surface area contributed by atoms with Crippen LogP contribution in [0, 0.1) is 0 Å². The van der Waals surface area contributed by atoms with Gasteiger partial charge in [-0.15, -0.1) is 0 Å². The van der Waals surface area contributed by atoms with E-state index in [1.807, 2.05) is 12.1 Å². The summed E-state index contributed by atoms with van der Waals surface area (Å²) >= 11 is 11.9. The van der Waals surface area contributed by atoms with Crippen LogP contribution in [0.25, 0.3) is 6.08 Å². The van der Waals surface area contributed by atoms with Crippen LogP contribution < -0.4 is 10.2 Å². The molecule has 0 atom stereocenters. The maximum Gasteiger partial charge on any atom is 0.244 e. The van der Waals surface area contributed by atoms with Gasteiger partial charge in [0, 0.05) is 42.0 Å². The lowest BCUT2D eigenvalue weighted by atomic mass is 10.2. The number of anilines is 1. The molecule has 0 spiro atoms. The first-order valence-corrected chi connectivity index (χ1v) is 9.05. The van der Waals surface area contributed by atoms with E-state index in [0.717, 1.165) is 43.2 Å². The van der Waals surface area contributed by atoms with Crippen LogP contribution in [0.3, 0.4) is 0 Å². The Morgan fingerprint density at radius 1 is 1.19 bits per heavy atom. The molecule has 1 N–H and O–H groups in total. The molecule has 1 aromatic carbocycles. The van der Waals surface area contributed by atoms with Gasteiger partial charge in [-0.25, -0.2) is 4.98 Å². The number of amides is 1. The first-order valence-electron chi connectivity index (χ1n) is 8.30. The smallest absolute Gasteiger partial charge is 0.244 e. The molecule has 1 amide bonds. The normalized spacial score (nSPS) is 14.6. The first kappa shape index (κ1) is 18.7. The van der Waals surface area contributed by atoms with Crippen LogP contribution in [0.15, 0.2) is 42.6 Å². The van der Waals surface area contributed by atoms with E-state index < -0.39 is 0 Å². The van der Waals surface area contributed by atoms with E-state index in [4.69, 9.17) is 27.9 Å². The van der Waals surface area contributed by atoms with Crippen LogP contribution in [0.4, 0.5) is 5.82 Å². The lowest BCUT2D eigenvalue weighted by molar-refractivity contribution is -0.116. The number of benzene rings is 1. The number of halogens is 2. The van der Waals surface area contributed by atoms with Gasteiger partial charge in [0.25, 0.3) is 0 Å². The molecule has 1 saturated heterocycles.